The first-order valence-electron chi connectivity index (χ1n) is 9.64. The fourth-order valence-electron chi connectivity index (χ4n) is 3.55. The Morgan fingerprint density at radius 2 is 1.83 bits per heavy atom. The fraction of sp³-hybridized carbons (Fsp3) is 0.167. The minimum Gasteiger partial charge on any atom is -0.318 e. The molecule has 1 aromatic heterocycles. The number of hydrogen-bond acceptors (Lipinski definition) is 3. The molecule has 4 nitrogen and oxygen atoms in total. The molecule has 1 N–H and O–H groups in total. The minimum absolute atomic E-state index is 0.140. The second kappa shape index (κ2) is 8.17. The molecule has 0 spiro atoms. The summed E-state index contributed by atoms with van der Waals surface area (Å²) in [5.74, 6) is -0.140. The Bertz CT molecular complexity index is 1220. The zero-order chi connectivity index (χ0) is 21.4. The number of thioether (sulfide) groups is 1. The number of benzene rings is 2. The van der Waals surface area contributed by atoms with Crippen LogP contribution in [0.15, 0.2) is 58.4 Å². The van der Waals surface area contributed by atoms with E-state index in [1.165, 1.54) is 17.3 Å². The zero-order valence-electron chi connectivity index (χ0n) is 17.3. The summed E-state index contributed by atoms with van der Waals surface area (Å²) in [5, 5.41) is 4.07. The highest BCUT2D eigenvalue weighted by Crippen LogP contribution is 2.32. The second-order valence-corrected chi connectivity index (χ2v) is 8.80. The standard InChI is InChI=1S/C24H22ClN3OS/c1-14-7-5-8-19(11-14)28-15(2)12-18(17(28)4)13-22-23(29)27-24(30-22)26-21-10-6-9-20(25)16(21)3/h5-13H,1-4H3,(H,26,27,29)/b22-13-. The number of amides is 1. The number of amidine groups is 1. The number of aryl methyl sites for hydroxylation is 2. The normalized spacial score (nSPS) is 16.5. The van der Waals surface area contributed by atoms with E-state index < -0.39 is 0 Å². The van der Waals surface area contributed by atoms with Crippen LogP contribution in [0, 0.1) is 27.7 Å². The molecular formula is C24H22ClN3OS. The molecule has 0 radical (unpaired) electrons. The fourth-order valence-corrected chi connectivity index (χ4v) is 4.54. The van der Waals surface area contributed by atoms with Gasteiger partial charge in [-0.25, -0.2) is 4.99 Å². The predicted octanol–water partition coefficient (Wildman–Crippen LogP) is 6.26. The van der Waals surface area contributed by atoms with Gasteiger partial charge in [0.05, 0.1) is 10.6 Å². The largest absolute Gasteiger partial charge is 0.318 e. The maximum atomic E-state index is 12.5. The van der Waals surface area contributed by atoms with Crippen molar-refractivity contribution in [1.82, 2.24) is 9.88 Å². The average molecular weight is 436 g/mol. The van der Waals surface area contributed by atoms with Crippen LogP contribution in [0.5, 0.6) is 0 Å². The number of aromatic nitrogens is 1. The molecule has 0 saturated carbocycles. The summed E-state index contributed by atoms with van der Waals surface area (Å²) in [7, 11) is 0. The van der Waals surface area contributed by atoms with Crippen LogP contribution in [-0.2, 0) is 4.79 Å². The van der Waals surface area contributed by atoms with E-state index in [1.54, 1.807) is 0 Å². The van der Waals surface area contributed by atoms with Gasteiger partial charge < -0.3 is 9.88 Å². The predicted molar refractivity (Wildman–Crippen MR) is 127 cm³/mol. The summed E-state index contributed by atoms with van der Waals surface area (Å²) in [5.41, 5.74) is 7.21. The molecule has 2 heterocycles. The van der Waals surface area contributed by atoms with Crippen molar-refractivity contribution in [2.75, 3.05) is 0 Å². The van der Waals surface area contributed by atoms with Gasteiger partial charge in [0.1, 0.15) is 0 Å². The molecule has 3 aromatic rings. The molecule has 1 aliphatic rings. The number of nitrogens with zero attached hydrogens (tertiary/aromatic N) is 2. The quantitative estimate of drug-likeness (QED) is 0.494. The number of rotatable bonds is 3. The highest BCUT2D eigenvalue weighted by atomic mass is 35.5. The highest BCUT2D eigenvalue weighted by molar-refractivity contribution is 8.18. The van der Waals surface area contributed by atoms with Crippen molar-refractivity contribution in [3.8, 4) is 5.69 Å². The van der Waals surface area contributed by atoms with Crippen LogP contribution in [0.1, 0.15) is 28.1 Å². The Labute approximate surface area is 185 Å². The molecule has 30 heavy (non-hydrogen) atoms. The van der Waals surface area contributed by atoms with E-state index in [0.717, 1.165) is 33.9 Å². The van der Waals surface area contributed by atoms with Gasteiger partial charge in [-0.05, 0) is 92.6 Å². The van der Waals surface area contributed by atoms with Gasteiger partial charge in [0, 0.05) is 22.1 Å². The zero-order valence-corrected chi connectivity index (χ0v) is 18.9. The first-order valence-corrected chi connectivity index (χ1v) is 10.8. The second-order valence-electron chi connectivity index (χ2n) is 7.37. The lowest BCUT2D eigenvalue weighted by Gasteiger charge is -2.10. The monoisotopic (exact) mass is 435 g/mol. The van der Waals surface area contributed by atoms with Crippen LogP contribution in [-0.4, -0.2) is 15.6 Å². The van der Waals surface area contributed by atoms with Gasteiger partial charge in [0.25, 0.3) is 5.91 Å². The first kappa shape index (κ1) is 20.5. The summed E-state index contributed by atoms with van der Waals surface area (Å²) in [6.07, 6.45) is 1.93. The maximum Gasteiger partial charge on any atom is 0.264 e. The lowest BCUT2D eigenvalue weighted by Crippen LogP contribution is -2.19. The van der Waals surface area contributed by atoms with E-state index in [9.17, 15) is 4.79 Å². The van der Waals surface area contributed by atoms with E-state index in [1.807, 2.05) is 31.2 Å². The third-order valence-electron chi connectivity index (χ3n) is 5.13. The van der Waals surface area contributed by atoms with Crippen LogP contribution < -0.4 is 5.32 Å². The summed E-state index contributed by atoms with van der Waals surface area (Å²) in [4.78, 5) is 17.7. The van der Waals surface area contributed by atoms with E-state index in [0.29, 0.717) is 15.1 Å². The summed E-state index contributed by atoms with van der Waals surface area (Å²) < 4.78 is 2.21. The molecule has 0 bridgehead atoms. The Balaban J connectivity index is 1.66. The summed E-state index contributed by atoms with van der Waals surface area (Å²) >= 11 is 7.52. The molecule has 0 unspecified atom stereocenters. The van der Waals surface area contributed by atoms with Crippen LogP contribution >= 0.6 is 23.4 Å². The van der Waals surface area contributed by atoms with Crippen molar-refractivity contribution in [1.29, 1.82) is 0 Å². The van der Waals surface area contributed by atoms with Crippen molar-refractivity contribution in [3.05, 3.63) is 86.5 Å². The van der Waals surface area contributed by atoms with E-state index in [-0.39, 0.29) is 5.91 Å². The van der Waals surface area contributed by atoms with Gasteiger partial charge in [-0.15, -0.1) is 0 Å². The molecule has 2 aromatic carbocycles. The molecular weight excluding hydrogens is 414 g/mol. The van der Waals surface area contributed by atoms with Gasteiger partial charge in [0.2, 0.25) is 0 Å². The van der Waals surface area contributed by atoms with Crippen LogP contribution in [0.2, 0.25) is 5.02 Å². The number of hydrogen-bond donors (Lipinski definition) is 1. The van der Waals surface area contributed by atoms with Gasteiger partial charge in [0.15, 0.2) is 5.17 Å². The molecule has 1 saturated heterocycles. The first-order chi connectivity index (χ1) is 14.3. The molecule has 0 atom stereocenters. The maximum absolute atomic E-state index is 12.5. The Morgan fingerprint density at radius 1 is 1.07 bits per heavy atom. The van der Waals surface area contributed by atoms with E-state index >= 15 is 0 Å². The van der Waals surface area contributed by atoms with Crippen LogP contribution in [0.25, 0.3) is 11.8 Å². The van der Waals surface area contributed by atoms with Gasteiger partial charge >= 0.3 is 0 Å². The SMILES string of the molecule is Cc1cccc(-n2c(C)cc(/C=C3\SC(=Nc4cccc(Cl)c4C)NC3=O)c2C)c1. The molecule has 1 aliphatic heterocycles. The minimum atomic E-state index is -0.140. The topological polar surface area (TPSA) is 46.4 Å². The van der Waals surface area contributed by atoms with Gasteiger partial charge in [-0.3, -0.25) is 4.79 Å². The third-order valence-corrected chi connectivity index (χ3v) is 6.45. The highest BCUT2D eigenvalue weighted by Gasteiger charge is 2.25. The lowest BCUT2D eigenvalue weighted by molar-refractivity contribution is -0.115. The van der Waals surface area contributed by atoms with Gasteiger partial charge in [-0.1, -0.05) is 29.8 Å². The number of aliphatic imine (C=N–C) groups is 1. The number of carbonyl (C=O) groups is 1. The summed E-state index contributed by atoms with van der Waals surface area (Å²) in [6, 6.07) is 16.1. The van der Waals surface area contributed by atoms with Crippen molar-refractivity contribution in [2.45, 2.75) is 27.7 Å². The Morgan fingerprint density at radius 3 is 2.60 bits per heavy atom. The Kier molecular flexibility index (Phi) is 5.58. The lowest BCUT2D eigenvalue weighted by atomic mass is 10.2. The van der Waals surface area contributed by atoms with Crippen LogP contribution in [0.3, 0.4) is 0 Å². The van der Waals surface area contributed by atoms with Crippen molar-refractivity contribution in [3.63, 3.8) is 0 Å². The van der Waals surface area contributed by atoms with Crippen molar-refractivity contribution in [2.24, 2.45) is 4.99 Å². The molecule has 4 rings (SSSR count). The molecule has 6 heteroatoms. The van der Waals surface area contributed by atoms with Crippen LogP contribution in [0.4, 0.5) is 5.69 Å². The Hall–Kier alpha value is -2.76. The number of nitrogens with one attached hydrogen (secondary N) is 1. The molecule has 152 valence electrons. The van der Waals surface area contributed by atoms with Crippen molar-refractivity contribution < 1.29 is 4.79 Å². The van der Waals surface area contributed by atoms with E-state index in [4.69, 9.17) is 11.6 Å². The molecule has 0 aliphatic carbocycles. The smallest absolute Gasteiger partial charge is 0.264 e. The number of halogens is 1. The van der Waals surface area contributed by atoms with E-state index in [2.05, 4.69) is 66.0 Å². The molecule has 1 amide bonds. The van der Waals surface area contributed by atoms with Crippen molar-refractivity contribution >= 4 is 46.2 Å². The average Bonchev–Trinajstić information content (AvgIpc) is 3.17. The third kappa shape index (κ3) is 3.95. The number of carbonyl (C=O) groups excluding carboxylic acids is 1. The molecule has 1 fully saturated rings. The van der Waals surface area contributed by atoms with Gasteiger partial charge in [-0.2, -0.15) is 0 Å². The summed E-state index contributed by atoms with van der Waals surface area (Å²) in [6.45, 7) is 8.15.